The SMILES string of the molecule is CC#C[C@@H](CC(=O)O)c1ccc(OC=C2CCc3c2cccc3-c2ccc(C(F)(F)F)cc2)cc1. The lowest BCUT2D eigenvalue weighted by Crippen LogP contribution is -2.04. The molecule has 0 aromatic heterocycles. The third kappa shape index (κ3) is 5.58. The molecule has 3 aromatic carbocycles. The van der Waals surface area contributed by atoms with E-state index >= 15 is 0 Å². The summed E-state index contributed by atoms with van der Waals surface area (Å²) in [5.41, 5.74) is 4.95. The van der Waals surface area contributed by atoms with Crippen LogP contribution in [0.4, 0.5) is 13.2 Å². The van der Waals surface area contributed by atoms with Gasteiger partial charge in [-0.2, -0.15) is 13.2 Å². The molecule has 3 aromatic rings. The topological polar surface area (TPSA) is 46.5 Å². The van der Waals surface area contributed by atoms with Crippen molar-refractivity contribution in [2.45, 2.75) is 38.3 Å². The van der Waals surface area contributed by atoms with Crippen LogP contribution in [0.3, 0.4) is 0 Å². The van der Waals surface area contributed by atoms with Crippen molar-refractivity contribution in [1.82, 2.24) is 0 Å². The highest BCUT2D eigenvalue weighted by Gasteiger charge is 2.30. The first-order valence-electron chi connectivity index (χ1n) is 11.2. The Kier molecular flexibility index (Phi) is 6.97. The van der Waals surface area contributed by atoms with Crippen molar-refractivity contribution in [3.63, 3.8) is 0 Å². The zero-order valence-electron chi connectivity index (χ0n) is 19.0. The number of fused-ring (bicyclic) bond motifs is 1. The molecule has 0 saturated carbocycles. The van der Waals surface area contributed by atoms with E-state index in [2.05, 4.69) is 11.8 Å². The van der Waals surface area contributed by atoms with Crippen molar-refractivity contribution >= 4 is 11.5 Å². The maximum Gasteiger partial charge on any atom is 0.416 e. The predicted octanol–water partition coefficient (Wildman–Crippen LogP) is 7.32. The minimum absolute atomic E-state index is 0.0663. The average Bonchev–Trinajstić information content (AvgIpc) is 3.25. The number of carbonyl (C=O) groups is 1. The summed E-state index contributed by atoms with van der Waals surface area (Å²) in [5.74, 6) is 5.04. The summed E-state index contributed by atoms with van der Waals surface area (Å²) in [6.45, 7) is 1.68. The molecule has 1 aliphatic rings. The fourth-order valence-corrected chi connectivity index (χ4v) is 4.30. The molecule has 0 radical (unpaired) electrons. The van der Waals surface area contributed by atoms with Gasteiger partial charge in [0, 0.05) is 0 Å². The summed E-state index contributed by atoms with van der Waals surface area (Å²) in [5, 5.41) is 9.10. The summed E-state index contributed by atoms with van der Waals surface area (Å²) in [6.07, 6.45) is -1.19. The number of benzene rings is 3. The molecule has 0 unspecified atom stereocenters. The van der Waals surface area contributed by atoms with Crippen LogP contribution in [0.2, 0.25) is 0 Å². The number of alkyl halides is 3. The average molecular weight is 476 g/mol. The molecule has 1 atom stereocenters. The summed E-state index contributed by atoms with van der Waals surface area (Å²) in [4.78, 5) is 11.1. The second-order valence-electron chi connectivity index (χ2n) is 8.28. The minimum atomic E-state index is -4.36. The van der Waals surface area contributed by atoms with E-state index in [9.17, 15) is 18.0 Å². The van der Waals surface area contributed by atoms with Crippen molar-refractivity contribution in [3.05, 3.63) is 95.2 Å². The molecule has 1 aliphatic carbocycles. The van der Waals surface area contributed by atoms with E-state index in [0.29, 0.717) is 5.75 Å². The number of ether oxygens (including phenoxy) is 1. The maximum atomic E-state index is 12.9. The molecule has 3 nitrogen and oxygen atoms in total. The molecular formula is C29H23F3O3. The van der Waals surface area contributed by atoms with Gasteiger partial charge in [0.15, 0.2) is 0 Å². The van der Waals surface area contributed by atoms with Crippen LogP contribution in [0, 0.1) is 11.8 Å². The Hall–Kier alpha value is -3.98. The Bertz CT molecular complexity index is 1310. The number of carboxylic acid groups (broad SMARTS) is 1. The third-order valence-electron chi connectivity index (χ3n) is 6.01. The van der Waals surface area contributed by atoms with Gasteiger partial charge in [-0.3, -0.25) is 4.79 Å². The van der Waals surface area contributed by atoms with Gasteiger partial charge in [0.1, 0.15) is 5.75 Å². The number of carboxylic acids is 1. The first-order valence-corrected chi connectivity index (χ1v) is 11.2. The number of rotatable bonds is 6. The molecule has 35 heavy (non-hydrogen) atoms. The van der Waals surface area contributed by atoms with Gasteiger partial charge < -0.3 is 9.84 Å². The summed E-state index contributed by atoms with van der Waals surface area (Å²) >= 11 is 0. The Balaban J connectivity index is 1.52. The largest absolute Gasteiger partial charge is 0.481 e. The van der Waals surface area contributed by atoms with Gasteiger partial charge in [0.25, 0.3) is 0 Å². The standard InChI is InChI=1S/C29H23F3O3/c1-2-4-21(17-28(33)34)19-9-14-24(15-10-19)35-18-22-11-16-27-25(5-3-6-26(22)27)20-7-12-23(13-8-20)29(30,31)32/h3,5-10,12-15,18,21H,11,16-17H2,1H3,(H,33,34)/t21-/m0/s1. The van der Waals surface area contributed by atoms with Crippen molar-refractivity contribution in [3.8, 4) is 28.7 Å². The van der Waals surface area contributed by atoms with E-state index < -0.39 is 17.7 Å². The highest BCUT2D eigenvalue weighted by atomic mass is 19.4. The Morgan fingerprint density at radius 3 is 2.34 bits per heavy atom. The van der Waals surface area contributed by atoms with E-state index in [1.807, 2.05) is 30.3 Å². The number of hydrogen-bond acceptors (Lipinski definition) is 2. The molecule has 4 rings (SSSR count). The Morgan fingerprint density at radius 1 is 1.03 bits per heavy atom. The second-order valence-corrected chi connectivity index (χ2v) is 8.28. The third-order valence-corrected chi connectivity index (χ3v) is 6.01. The normalized spacial score (nSPS) is 14.7. The van der Waals surface area contributed by atoms with E-state index in [4.69, 9.17) is 9.84 Å². The van der Waals surface area contributed by atoms with Crippen molar-refractivity contribution in [2.24, 2.45) is 0 Å². The molecule has 6 heteroatoms. The van der Waals surface area contributed by atoms with Crippen LogP contribution in [-0.4, -0.2) is 11.1 Å². The molecule has 0 amide bonds. The Labute approximate surface area is 201 Å². The summed E-state index contributed by atoms with van der Waals surface area (Å²) in [6, 6.07) is 18.3. The van der Waals surface area contributed by atoms with Crippen LogP contribution in [0.5, 0.6) is 5.75 Å². The quantitative estimate of drug-likeness (QED) is 0.300. The first kappa shape index (κ1) is 24.2. The monoisotopic (exact) mass is 476 g/mol. The second kappa shape index (κ2) is 10.1. The summed E-state index contributed by atoms with van der Waals surface area (Å²) in [7, 11) is 0. The fraction of sp³-hybridized carbons (Fsp3) is 0.207. The van der Waals surface area contributed by atoms with E-state index in [-0.39, 0.29) is 12.3 Å². The van der Waals surface area contributed by atoms with Crippen LogP contribution in [0.1, 0.15) is 47.9 Å². The zero-order valence-corrected chi connectivity index (χ0v) is 19.0. The smallest absolute Gasteiger partial charge is 0.416 e. The van der Waals surface area contributed by atoms with Crippen molar-refractivity contribution < 1.29 is 27.8 Å². The van der Waals surface area contributed by atoms with Gasteiger partial charge in [-0.25, -0.2) is 0 Å². The van der Waals surface area contributed by atoms with Gasteiger partial charge in [0.2, 0.25) is 0 Å². The minimum Gasteiger partial charge on any atom is -0.481 e. The predicted molar refractivity (Wildman–Crippen MR) is 129 cm³/mol. The molecular weight excluding hydrogens is 453 g/mol. The van der Waals surface area contributed by atoms with Gasteiger partial charge in [-0.05, 0) is 77.4 Å². The Morgan fingerprint density at radius 2 is 1.71 bits per heavy atom. The number of halogens is 3. The molecule has 0 fully saturated rings. The van der Waals surface area contributed by atoms with Crippen LogP contribution in [-0.2, 0) is 17.4 Å². The van der Waals surface area contributed by atoms with Gasteiger partial charge >= 0.3 is 12.1 Å². The van der Waals surface area contributed by atoms with Gasteiger partial charge in [0.05, 0.1) is 24.2 Å². The number of aliphatic carboxylic acids is 1. The molecule has 0 aliphatic heterocycles. The van der Waals surface area contributed by atoms with Crippen molar-refractivity contribution in [2.75, 3.05) is 0 Å². The van der Waals surface area contributed by atoms with Crippen LogP contribution < -0.4 is 4.74 Å². The highest BCUT2D eigenvalue weighted by Crippen LogP contribution is 2.39. The maximum absolute atomic E-state index is 12.9. The molecule has 0 heterocycles. The lowest BCUT2D eigenvalue weighted by Gasteiger charge is -2.11. The first-order chi connectivity index (χ1) is 16.8. The number of allylic oxidation sites excluding steroid dienone is 1. The van der Waals surface area contributed by atoms with Crippen molar-refractivity contribution in [1.29, 1.82) is 0 Å². The fourth-order valence-electron chi connectivity index (χ4n) is 4.30. The number of hydrogen-bond donors (Lipinski definition) is 1. The lowest BCUT2D eigenvalue weighted by molar-refractivity contribution is -0.138. The molecule has 0 bridgehead atoms. The summed E-state index contributed by atoms with van der Waals surface area (Å²) < 4.78 is 44.6. The van der Waals surface area contributed by atoms with E-state index in [0.717, 1.165) is 58.4 Å². The van der Waals surface area contributed by atoms with E-state index in [1.54, 1.807) is 25.3 Å². The molecule has 178 valence electrons. The van der Waals surface area contributed by atoms with Gasteiger partial charge in [-0.1, -0.05) is 48.4 Å². The zero-order chi connectivity index (χ0) is 25.0. The van der Waals surface area contributed by atoms with Crippen LogP contribution >= 0.6 is 0 Å². The lowest BCUT2D eigenvalue weighted by atomic mass is 9.95. The van der Waals surface area contributed by atoms with E-state index in [1.165, 1.54) is 12.1 Å². The highest BCUT2D eigenvalue weighted by molar-refractivity contribution is 5.80. The van der Waals surface area contributed by atoms with Crippen LogP contribution in [0.25, 0.3) is 16.7 Å². The molecule has 1 N–H and O–H groups in total. The molecule has 0 spiro atoms. The van der Waals surface area contributed by atoms with Gasteiger partial charge in [-0.15, -0.1) is 5.92 Å². The molecule has 0 saturated heterocycles. The van der Waals surface area contributed by atoms with Crippen LogP contribution in [0.15, 0.2) is 73.0 Å².